The summed E-state index contributed by atoms with van der Waals surface area (Å²) in [5.74, 6) is -1.13. The third-order valence-corrected chi connectivity index (χ3v) is 5.32. The van der Waals surface area contributed by atoms with Gasteiger partial charge in [-0.05, 0) is 48.4 Å². The molecule has 0 aliphatic rings. The number of aryl methyl sites for hydroxylation is 1. The number of anilines is 1. The lowest BCUT2D eigenvalue weighted by Crippen LogP contribution is -2.49. The standard InChI is InChI=1S/C25H24BrN3O3/c1-17-14-20(26)12-13-21(17)28-23(30)16-27-25(32)22(15-18-8-4-2-5-9-18)29-24(31)19-10-6-3-7-11-19/h2-14,22H,15-16H2,1H3,(H,27,32)(H,28,30)(H,29,31)/t22-/m0/s1. The highest BCUT2D eigenvalue weighted by Gasteiger charge is 2.22. The third kappa shape index (κ3) is 6.78. The second-order valence-electron chi connectivity index (χ2n) is 7.31. The van der Waals surface area contributed by atoms with Gasteiger partial charge in [0.15, 0.2) is 0 Å². The molecule has 0 unspecified atom stereocenters. The van der Waals surface area contributed by atoms with E-state index in [0.717, 1.165) is 15.6 Å². The molecule has 7 heteroatoms. The lowest BCUT2D eigenvalue weighted by Gasteiger charge is -2.19. The van der Waals surface area contributed by atoms with E-state index >= 15 is 0 Å². The smallest absolute Gasteiger partial charge is 0.251 e. The van der Waals surface area contributed by atoms with Crippen LogP contribution in [0, 0.1) is 6.92 Å². The molecule has 3 aromatic carbocycles. The van der Waals surface area contributed by atoms with Crippen molar-refractivity contribution in [2.24, 2.45) is 0 Å². The molecule has 0 heterocycles. The lowest BCUT2D eigenvalue weighted by atomic mass is 10.0. The van der Waals surface area contributed by atoms with Crippen LogP contribution in [0.25, 0.3) is 0 Å². The molecular formula is C25H24BrN3O3. The van der Waals surface area contributed by atoms with Crippen molar-refractivity contribution < 1.29 is 14.4 Å². The van der Waals surface area contributed by atoms with E-state index < -0.39 is 11.9 Å². The molecule has 3 rings (SSSR count). The fourth-order valence-corrected chi connectivity index (χ4v) is 3.62. The topological polar surface area (TPSA) is 87.3 Å². The van der Waals surface area contributed by atoms with Gasteiger partial charge < -0.3 is 16.0 Å². The number of carbonyl (C=O) groups excluding carboxylic acids is 3. The molecule has 3 aromatic rings. The van der Waals surface area contributed by atoms with Crippen LogP contribution in [0.1, 0.15) is 21.5 Å². The summed E-state index contributed by atoms with van der Waals surface area (Å²) in [5.41, 5.74) is 2.93. The molecule has 164 valence electrons. The third-order valence-electron chi connectivity index (χ3n) is 4.83. The van der Waals surface area contributed by atoms with E-state index in [2.05, 4.69) is 31.9 Å². The van der Waals surface area contributed by atoms with Gasteiger partial charge in [0.2, 0.25) is 11.8 Å². The number of hydrogen-bond donors (Lipinski definition) is 3. The molecule has 0 saturated heterocycles. The Labute approximate surface area is 195 Å². The zero-order valence-corrected chi connectivity index (χ0v) is 19.2. The fourth-order valence-electron chi connectivity index (χ4n) is 3.14. The molecule has 0 radical (unpaired) electrons. The van der Waals surface area contributed by atoms with Gasteiger partial charge in [-0.3, -0.25) is 14.4 Å². The Kier molecular flexibility index (Phi) is 8.16. The first kappa shape index (κ1) is 23.2. The Morgan fingerprint density at radius 1 is 0.906 bits per heavy atom. The van der Waals surface area contributed by atoms with Crippen LogP contribution in [0.2, 0.25) is 0 Å². The number of nitrogens with one attached hydrogen (secondary N) is 3. The Hall–Kier alpha value is -3.45. The van der Waals surface area contributed by atoms with Gasteiger partial charge in [-0.1, -0.05) is 64.5 Å². The summed E-state index contributed by atoms with van der Waals surface area (Å²) in [6.07, 6.45) is 0.304. The van der Waals surface area contributed by atoms with Crippen LogP contribution in [0.5, 0.6) is 0 Å². The van der Waals surface area contributed by atoms with Gasteiger partial charge in [-0.25, -0.2) is 0 Å². The monoisotopic (exact) mass is 493 g/mol. The minimum Gasteiger partial charge on any atom is -0.345 e. The second kappa shape index (κ2) is 11.2. The van der Waals surface area contributed by atoms with E-state index in [-0.39, 0.29) is 18.4 Å². The molecule has 0 aliphatic carbocycles. The molecule has 0 saturated carbocycles. The van der Waals surface area contributed by atoms with Crippen LogP contribution >= 0.6 is 15.9 Å². The van der Waals surface area contributed by atoms with Gasteiger partial charge in [0.1, 0.15) is 6.04 Å². The van der Waals surface area contributed by atoms with Crippen molar-refractivity contribution in [2.45, 2.75) is 19.4 Å². The van der Waals surface area contributed by atoms with E-state index in [0.29, 0.717) is 17.7 Å². The summed E-state index contributed by atoms with van der Waals surface area (Å²) in [6, 6.07) is 22.8. The molecule has 6 nitrogen and oxygen atoms in total. The molecular weight excluding hydrogens is 470 g/mol. The molecule has 1 atom stereocenters. The molecule has 3 N–H and O–H groups in total. The Morgan fingerprint density at radius 2 is 1.56 bits per heavy atom. The average molecular weight is 494 g/mol. The van der Waals surface area contributed by atoms with Crippen molar-refractivity contribution in [1.82, 2.24) is 10.6 Å². The Bertz CT molecular complexity index is 1090. The summed E-state index contributed by atoms with van der Waals surface area (Å²) in [6.45, 7) is 1.68. The molecule has 0 aromatic heterocycles. The predicted molar refractivity (Wildman–Crippen MR) is 128 cm³/mol. The van der Waals surface area contributed by atoms with Crippen molar-refractivity contribution in [3.8, 4) is 0 Å². The summed E-state index contributed by atoms with van der Waals surface area (Å²) < 4.78 is 0.916. The van der Waals surface area contributed by atoms with E-state index in [1.165, 1.54) is 0 Å². The SMILES string of the molecule is Cc1cc(Br)ccc1NC(=O)CNC(=O)[C@H](Cc1ccccc1)NC(=O)c1ccccc1. The number of amides is 3. The summed E-state index contributed by atoms with van der Waals surface area (Å²) in [5, 5.41) is 8.20. The maximum atomic E-state index is 12.9. The van der Waals surface area contributed by atoms with Crippen LogP contribution < -0.4 is 16.0 Å². The van der Waals surface area contributed by atoms with Gasteiger partial charge in [-0.15, -0.1) is 0 Å². The Morgan fingerprint density at radius 3 is 2.22 bits per heavy atom. The first-order valence-electron chi connectivity index (χ1n) is 10.2. The molecule has 32 heavy (non-hydrogen) atoms. The number of hydrogen-bond acceptors (Lipinski definition) is 3. The predicted octanol–water partition coefficient (Wildman–Crippen LogP) is 3.85. The van der Waals surface area contributed by atoms with Crippen LogP contribution in [0.3, 0.4) is 0 Å². The maximum Gasteiger partial charge on any atom is 0.251 e. The highest BCUT2D eigenvalue weighted by Crippen LogP contribution is 2.19. The second-order valence-corrected chi connectivity index (χ2v) is 8.22. The van der Waals surface area contributed by atoms with E-state index in [9.17, 15) is 14.4 Å². The Balaban J connectivity index is 1.64. The fraction of sp³-hybridized carbons (Fsp3) is 0.160. The minimum atomic E-state index is -0.827. The van der Waals surface area contributed by atoms with Gasteiger partial charge in [0.25, 0.3) is 5.91 Å². The van der Waals surface area contributed by atoms with Crippen molar-refractivity contribution in [3.05, 3.63) is 100 Å². The summed E-state index contributed by atoms with van der Waals surface area (Å²) >= 11 is 3.39. The normalized spacial score (nSPS) is 11.3. The first-order valence-corrected chi connectivity index (χ1v) is 11.0. The minimum absolute atomic E-state index is 0.208. The zero-order valence-electron chi connectivity index (χ0n) is 17.6. The zero-order chi connectivity index (χ0) is 22.9. The van der Waals surface area contributed by atoms with Crippen molar-refractivity contribution in [2.75, 3.05) is 11.9 Å². The van der Waals surface area contributed by atoms with Crippen molar-refractivity contribution in [3.63, 3.8) is 0 Å². The average Bonchev–Trinajstić information content (AvgIpc) is 2.80. The summed E-state index contributed by atoms with van der Waals surface area (Å²) in [4.78, 5) is 37.8. The van der Waals surface area contributed by atoms with E-state index in [4.69, 9.17) is 0 Å². The molecule has 0 spiro atoms. The molecule has 0 aliphatic heterocycles. The first-order chi connectivity index (χ1) is 15.4. The van der Waals surface area contributed by atoms with Gasteiger partial charge in [0, 0.05) is 22.1 Å². The molecule has 3 amide bonds. The number of carbonyl (C=O) groups is 3. The number of rotatable bonds is 8. The van der Waals surface area contributed by atoms with Gasteiger partial charge in [-0.2, -0.15) is 0 Å². The number of benzene rings is 3. The van der Waals surface area contributed by atoms with E-state index in [1.807, 2.05) is 55.5 Å². The van der Waals surface area contributed by atoms with Crippen LogP contribution in [0.15, 0.2) is 83.3 Å². The van der Waals surface area contributed by atoms with Crippen LogP contribution in [0.4, 0.5) is 5.69 Å². The largest absolute Gasteiger partial charge is 0.345 e. The number of halogens is 1. The van der Waals surface area contributed by atoms with Gasteiger partial charge >= 0.3 is 0 Å². The highest BCUT2D eigenvalue weighted by atomic mass is 79.9. The van der Waals surface area contributed by atoms with Crippen molar-refractivity contribution in [1.29, 1.82) is 0 Å². The van der Waals surface area contributed by atoms with E-state index in [1.54, 1.807) is 30.3 Å². The highest BCUT2D eigenvalue weighted by molar-refractivity contribution is 9.10. The molecule has 0 bridgehead atoms. The summed E-state index contributed by atoms with van der Waals surface area (Å²) in [7, 11) is 0. The van der Waals surface area contributed by atoms with Gasteiger partial charge in [0.05, 0.1) is 6.54 Å². The maximum absolute atomic E-state index is 12.9. The quantitative estimate of drug-likeness (QED) is 0.445. The lowest BCUT2D eigenvalue weighted by molar-refractivity contribution is -0.125. The van der Waals surface area contributed by atoms with Crippen LogP contribution in [-0.4, -0.2) is 30.3 Å². The molecule has 0 fully saturated rings. The van der Waals surface area contributed by atoms with Crippen LogP contribution in [-0.2, 0) is 16.0 Å². The van der Waals surface area contributed by atoms with Crippen molar-refractivity contribution >= 4 is 39.3 Å².